The summed E-state index contributed by atoms with van der Waals surface area (Å²) < 4.78 is 29.1. The van der Waals surface area contributed by atoms with Gasteiger partial charge in [0, 0.05) is 23.1 Å². The van der Waals surface area contributed by atoms with Crippen LogP contribution in [0.4, 0.5) is 4.79 Å². The summed E-state index contributed by atoms with van der Waals surface area (Å²) in [5.41, 5.74) is 4.52. The van der Waals surface area contributed by atoms with E-state index in [1.807, 2.05) is 118 Å². The summed E-state index contributed by atoms with van der Waals surface area (Å²) in [6.45, 7) is 8.45. The van der Waals surface area contributed by atoms with E-state index in [1.54, 1.807) is 6.92 Å². The Morgan fingerprint density at radius 3 is 2.37 bits per heavy atom. The van der Waals surface area contributed by atoms with Crippen LogP contribution in [0, 0.1) is 0 Å². The van der Waals surface area contributed by atoms with E-state index in [4.69, 9.17) is 23.4 Å². The normalized spacial score (nSPS) is 11.2. The Morgan fingerprint density at radius 1 is 0.804 bits per heavy atom. The van der Waals surface area contributed by atoms with Crippen molar-refractivity contribution in [3.63, 3.8) is 0 Å². The molecule has 0 aliphatic carbocycles. The average Bonchev–Trinajstić information content (AvgIpc) is 3.45. The minimum Gasteiger partial charge on any atom is -0.489 e. The summed E-state index contributed by atoms with van der Waals surface area (Å²) in [4.78, 5) is 24.5. The molecule has 0 aliphatic rings. The molecule has 1 heterocycles. The summed E-state index contributed by atoms with van der Waals surface area (Å²) in [5.74, 6) is 1.76. The van der Waals surface area contributed by atoms with E-state index in [-0.39, 0.29) is 25.6 Å². The third-order valence-corrected chi connectivity index (χ3v) is 6.93. The van der Waals surface area contributed by atoms with Gasteiger partial charge in [-0.25, -0.2) is 4.79 Å². The summed E-state index contributed by atoms with van der Waals surface area (Å²) in [6.07, 6.45) is -0.345. The predicted octanol–water partition coefficient (Wildman–Crippen LogP) is 8.39. The monoisotopic (exact) mass is 621 g/mol. The van der Waals surface area contributed by atoms with Crippen LogP contribution in [-0.4, -0.2) is 24.3 Å². The molecule has 8 nitrogen and oxygen atoms in total. The molecule has 5 rings (SSSR count). The first-order chi connectivity index (χ1) is 22.2. The molecule has 0 aliphatic heterocycles. The molecule has 1 aromatic heterocycles. The first-order valence-electron chi connectivity index (χ1n) is 15.3. The molecule has 0 radical (unpaired) electrons. The molecule has 0 bridgehead atoms. The second-order valence-electron chi connectivity index (χ2n) is 11.8. The van der Waals surface area contributed by atoms with Crippen molar-refractivity contribution in [1.82, 2.24) is 5.32 Å². The van der Waals surface area contributed by atoms with Gasteiger partial charge in [-0.3, -0.25) is 4.79 Å². The quantitative estimate of drug-likeness (QED) is 0.140. The maximum atomic E-state index is 12.3. The molecular weight excluding hydrogens is 582 g/mol. The van der Waals surface area contributed by atoms with Crippen LogP contribution in [0.5, 0.6) is 11.5 Å². The van der Waals surface area contributed by atoms with Gasteiger partial charge in [0.1, 0.15) is 41.7 Å². The highest BCUT2D eigenvalue weighted by molar-refractivity contribution is 5.93. The minimum atomic E-state index is -0.583. The zero-order chi connectivity index (χ0) is 32.5. The molecule has 0 fully saturated rings. The maximum Gasteiger partial charge on any atom is 0.407 e. The van der Waals surface area contributed by atoms with Gasteiger partial charge >= 0.3 is 12.1 Å². The number of esters is 1. The number of fused-ring (bicyclic) bond motifs is 1. The van der Waals surface area contributed by atoms with Crippen molar-refractivity contribution in [3.8, 4) is 22.6 Å². The first-order valence-corrected chi connectivity index (χ1v) is 15.3. The number of alkyl carbamates (subject to hydrolysis) is 1. The number of nitrogens with one attached hydrogen (secondary N) is 1. The van der Waals surface area contributed by atoms with Crippen molar-refractivity contribution in [2.45, 2.75) is 59.5 Å². The van der Waals surface area contributed by atoms with Crippen LogP contribution in [0.1, 0.15) is 50.1 Å². The predicted molar refractivity (Wildman–Crippen MR) is 177 cm³/mol. The number of carbonyl (C=O) groups is 2. The third-order valence-electron chi connectivity index (χ3n) is 6.93. The highest BCUT2D eigenvalue weighted by atomic mass is 16.6. The summed E-state index contributed by atoms with van der Waals surface area (Å²) >= 11 is 0. The fourth-order valence-corrected chi connectivity index (χ4v) is 4.97. The van der Waals surface area contributed by atoms with Crippen LogP contribution in [0.25, 0.3) is 22.1 Å². The van der Waals surface area contributed by atoms with Gasteiger partial charge in [-0.1, -0.05) is 54.6 Å². The van der Waals surface area contributed by atoms with Crippen LogP contribution in [-0.2, 0) is 40.4 Å². The Morgan fingerprint density at radius 2 is 1.59 bits per heavy atom. The number of hydrogen-bond acceptors (Lipinski definition) is 7. The molecule has 0 atom stereocenters. The number of carbonyl (C=O) groups excluding carboxylic acids is 2. The summed E-state index contributed by atoms with van der Waals surface area (Å²) in [7, 11) is 0. The molecule has 1 amide bonds. The number of para-hydroxylation sites is 2. The second kappa shape index (κ2) is 14.7. The van der Waals surface area contributed by atoms with Gasteiger partial charge < -0.3 is 28.7 Å². The zero-order valence-electron chi connectivity index (χ0n) is 26.6. The Hall–Kier alpha value is -5.24. The Balaban J connectivity index is 1.43. The third kappa shape index (κ3) is 8.91. The number of amides is 1. The van der Waals surface area contributed by atoms with Gasteiger partial charge in [0.05, 0.1) is 13.0 Å². The Bertz CT molecular complexity index is 1790. The molecule has 0 saturated carbocycles. The standard InChI is InChI=1S/C38H39NO7/c1-5-42-35(40)22-29-13-9-10-17-34(29)44-24-27-19-30-21-32(25-43-31-15-7-6-8-16-31)45-36(30)33(20-27)28-14-11-12-26(18-28)23-39-37(41)46-38(2,3)4/h6-21H,5,22-25H2,1-4H3,(H,39,41). The molecule has 0 spiro atoms. The number of hydrogen-bond donors (Lipinski definition) is 1. The van der Waals surface area contributed by atoms with E-state index in [0.29, 0.717) is 24.7 Å². The van der Waals surface area contributed by atoms with Gasteiger partial charge in [0.25, 0.3) is 0 Å². The van der Waals surface area contributed by atoms with E-state index >= 15 is 0 Å². The van der Waals surface area contributed by atoms with Crippen molar-refractivity contribution >= 4 is 23.0 Å². The molecule has 0 unspecified atom stereocenters. The highest BCUT2D eigenvalue weighted by Crippen LogP contribution is 2.34. The van der Waals surface area contributed by atoms with Crippen molar-refractivity contribution in [2.75, 3.05) is 6.61 Å². The van der Waals surface area contributed by atoms with Crippen LogP contribution in [0.15, 0.2) is 101 Å². The fourth-order valence-electron chi connectivity index (χ4n) is 4.97. The van der Waals surface area contributed by atoms with Crippen molar-refractivity contribution in [1.29, 1.82) is 0 Å². The average molecular weight is 622 g/mol. The smallest absolute Gasteiger partial charge is 0.407 e. The molecule has 1 N–H and O–H groups in total. The van der Waals surface area contributed by atoms with Crippen LogP contribution in [0.3, 0.4) is 0 Å². The largest absolute Gasteiger partial charge is 0.489 e. The SMILES string of the molecule is CCOC(=O)Cc1ccccc1OCc1cc(-c2cccc(CNC(=O)OC(C)(C)C)c2)c2oc(COc3ccccc3)cc2c1. The lowest BCUT2D eigenvalue weighted by molar-refractivity contribution is -0.142. The topological polar surface area (TPSA) is 96.2 Å². The number of benzene rings is 4. The van der Waals surface area contributed by atoms with Gasteiger partial charge in [0.2, 0.25) is 0 Å². The second-order valence-corrected chi connectivity index (χ2v) is 11.8. The van der Waals surface area contributed by atoms with E-state index in [0.717, 1.165) is 44.5 Å². The zero-order valence-corrected chi connectivity index (χ0v) is 26.6. The van der Waals surface area contributed by atoms with Crippen molar-refractivity contribution in [2.24, 2.45) is 0 Å². The van der Waals surface area contributed by atoms with Gasteiger partial charge in [-0.2, -0.15) is 0 Å². The lowest BCUT2D eigenvalue weighted by Crippen LogP contribution is -2.32. The van der Waals surface area contributed by atoms with E-state index in [9.17, 15) is 9.59 Å². The van der Waals surface area contributed by atoms with Crippen molar-refractivity contribution in [3.05, 3.63) is 120 Å². The number of furan rings is 1. The number of ether oxygens (including phenoxy) is 4. The lowest BCUT2D eigenvalue weighted by Gasteiger charge is -2.19. The Labute approximate surface area is 269 Å². The van der Waals surface area contributed by atoms with Gasteiger partial charge in [-0.05, 0) is 86.8 Å². The maximum absolute atomic E-state index is 12.3. The van der Waals surface area contributed by atoms with Gasteiger partial charge in [-0.15, -0.1) is 0 Å². The Kier molecular flexibility index (Phi) is 10.3. The van der Waals surface area contributed by atoms with Crippen LogP contribution < -0.4 is 14.8 Å². The minimum absolute atomic E-state index is 0.130. The summed E-state index contributed by atoms with van der Waals surface area (Å²) in [6, 6.07) is 31.1. The molecule has 0 saturated heterocycles. The van der Waals surface area contributed by atoms with Crippen molar-refractivity contribution < 1.29 is 33.0 Å². The fraction of sp³-hybridized carbons (Fsp3) is 0.263. The van der Waals surface area contributed by atoms with E-state index in [2.05, 4.69) is 5.32 Å². The first kappa shape index (κ1) is 32.2. The molecule has 46 heavy (non-hydrogen) atoms. The van der Waals surface area contributed by atoms with Crippen LogP contribution >= 0.6 is 0 Å². The molecule has 238 valence electrons. The van der Waals surface area contributed by atoms with E-state index < -0.39 is 11.7 Å². The molecule has 8 heteroatoms. The van der Waals surface area contributed by atoms with Crippen LogP contribution in [0.2, 0.25) is 0 Å². The molecular formula is C38H39NO7. The molecule has 4 aromatic carbocycles. The lowest BCUT2D eigenvalue weighted by atomic mass is 9.99. The molecule has 5 aromatic rings. The summed E-state index contributed by atoms with van der Waals surface area (Å²) in [5, 5.41) is 3.73. The number of rotatable bonds is 12. The van der Waals surface area contributed by atoms with E-state index in [1.165, 1.54) is 0 Å². The van der Waals surface area contributed by atoms with Gasteiger partial charge in [0.15, 0.2) is 0 Å². The highest BCUT2D eigenvalue weighted by Gasteiger charge is 2.17.